The number of amides is 3. The number of hydrogen-bond acceptors (Lipinski definition) is 2. The highest BCUT2D eigenvalue weighted by Gasteiger charge is 2.30. The predicted molar refractivity (Wildman–Crippen MR) is 119 cm³/mol. The summed E-state index contributed by atoms with van der Waals surface area (Å²) in [4.78, 5) is 31.7. The lowest BCUT2D eigenvalue weighted by Gasteiger charge is -2.37. The summed E-state index contributed by atoms with van der Waals surface area (Å²) in [6.07, 6.45) is 1.37. The second-order valence-corrected chi connectivity index (χ2v) is 8.38. The summed E-state index contributed by atoms with van der Waals surface area (Å²) >= 11 is 6.01. The van der Waals surface area contributed by atoms with Gasteiger partial charge in [-0.3, -0.25) is 4.79 Å². The third-order valence-electron chi connectivity index (χ3n) is 5.80. The maximum atomic E-state index is 14.0. The summed E-state index contributed by atoms with van der Waals surface area (Å²) in [5.41, 5.74) is 1.47. The van der Waals surface area contributed by atoms with Gasteiger partial charge in [0.15, 0.2) is 11.6 Å². The van der Waals surface area contributed by atoms with Crippen LogP contribution < -0.4 is 5.32 Å². The number of rotatable bonds is 4. The fourth-order valence-corrected chi connectivity index (χ4v) is 4.20. The molecule has 3 aromatic rings. The number of likely N-dealkylation sites (tertiary alicyclic amines) is 1. The Labute approximate surface area is 189 Å². The maximum Gasteiger partial charge on any atom is 0.317 e. The zero-order valence-electron chi connectivity index (χ0n) is 17.5. The number of hydrogen-bond donors (Lipinski definition) is 2. The predicted octanol–water partition coefficient (Wildman–Crippen LogP) is 4.55. The standard InChI is InChI=1S/C23H23ClF2N4O2/c1-29(23(32)27-12-16-11-14-10-15(24)7-8-20(14)28-16)17-4-3-9-30(13-17)22(31)18-5-2-6-19(25)21(18)26/h2,5-8,10-11,17,28H,3-4,9,12-13H2,1H3,(H,27,32)/t17-/m1/s1. The van der Waals surface area contributed by atoms with Gasteiger partial charge < -0.3 is 20.1 Å². The van der Waals surface area contributed by atoms with Gasteiger partial charge in [-0.1, -0.05) is 17.7 Å². The van der Waals surface area contributed by atoms with Crippen molar-refractivity contribution in [3.05, 3.63) is 70.4 Å². The summed E-state index contributed by atoms with van der Waals surface area (Å²) < 4.78 is 27.6. The molecule has 0 aliphatic carbocycles. The minimum atomic E-state index is -1.15. The monoisotopic (exact) mass is 460 g/mol. The molecule has 0 unspecified atom stereocenters. The molecule has 2 heterocycles. The zero-order chi connectivity index (χ0) is 22.8. The van der Waals surface area contributed by atoms with Crippen LogP contribution in [-0.4, -0.2) is 52.9 Å². The van der Waals surface area contributed by atoms with Crippen LogP contribution in [0.5, 0.6) is 0 Å². The molecule has 2 N–H and O–H groups in total. The van der Waals surface area contributed by atoms with Crippen LogP contribution >= 0.6 is 11.6 Å². The largest absolute Gasteiger partial charge is 0.357 e. The van der Waals surface area contributed by atoms with Crippen molar-refractivity contribution in [3.63, 3.8) is 0 Å². The fourth-order valence-electron chi connectivity index (χ4n) is 4.01. The fraction of sp³-hybridized carbons (Fsp3) is 0.304. The van der Waals surface area contributed by atoms with Gasteiger partial charge in [-0.15, -0.1) is 0 Å². The molecule has 2 aromatic carbocycles. The first kappa shape index (κ1) is 22.1. The molecule has 4 rings (SSSR count). The first-order valence-corrected chi connectivity index (χ1v) is 10.7. The SMILES string of the molecule is CN(C(=O)NCc1cc2cc(Cl)ccc2[nH]1)[C@@H]1CCCN(C(=O)c2cccc(F)c2F)C1. The van der Waals surface area contributed by atoms with Crippen molar-refractivity contribution in [2.45, 2.75) is 25.4 Å². The molecule has 1 saturated heterocycles. The van der Waals surface area contributed by atoms with Crippen LogP contribution in [0.4, 0.5) is 13.6 Å². The lowest BCUT2D eigenvalue weighted by Crippen LogP contribution is -2.52. The number of fused-ring (bicyclic) bond motifs is 1. The van der Waals surface area contributed by atoms with Crippen molar-refractivity contribution in [2.24, 2.45) is 0 Å². The Bertz CT molecular complexity index is 1170. The summed E-state index contributed by atoms with van der Waals surface area (Å²) in [5.74, 6) is -2.78. The van der Waals surface area contributed by atoms with E-state index in [1.165, 1.54) is 17.0 Å². The number of carbonyl (C=O) groups is 2. The third kappa shape index (κ3) is 4.55. The van der Waals surface area contributed by atoms with Gasteiger partial charge in [-0.05, 0) is 49.2 Å². The zero-order valence-corrected chi connectivity index (χ0v) is 18.3. The van der Waals surface area contributed by atoms with E-state index in [-0.39, 0.29) is 24.2 Å². The van der Waals surface area contributed by atoms with Crippen molar-refractivity contribution in [1.29, 1.82) is 0 Å². The molecule has 168 valence electrons. The Morgan fingerprint density at radius 3 is 2.88 bits per heavy atom. The lowest BCUT2D eigenvalue weighted by atomic mass is 10.0. The molecular formula is C23H23ClF2N4O2. The Morgan fingerprint density at radius 1 is 1.25 bits per heavy atom. The van der Waals surface area contributed by atoms with E-state index in [0.717, 1.165) is 22.7 Å². The van der Waals surface area contributed by atoms with E-state index < -0.39 is 17.5 Å². The molecule has 1 aliphatic heterocycles. The van der Waals surface area contributed by atoms with Gasteiger partial charge in [-0.25, -0.2) is 13.6 Å². The molecule has 1 atom stereocenters. The molecule has 1 aromatic heterocycles. The molecule has 1 fully saturated rings. The molecule has 0 spiro atoms. The van der Waals surface area contributed by atoms with Crippen LogP contribution in [0.25, 0.3) is 10.9 Å². The van der Waals surface area contributed by atoms with E-state index in [1.807, 2.05) is 18.2 Å². The van der Waals surface area contributed by atoms with Crippen molar-refractivity contribution in [3.8, 4) is 0 Å². The topological polar surface area (TPSA) is 68.4 Å². The average molecular weight is 461 g/mol. The normalized spacial score (nSPS) is 16.2. The van der Waals surface area contributed by atoms with Crippen LogP contribution in [0.3, 0.4) is 0 Å². The number of benzene rings is 2. The van der Waals surface area contributed by atoms with Crippen molar-refractivity contribution >= 4 is 34.4 Å². The number of nitrogens with zero attached hydrogens (tertiary/aromatic N) is 2. The van der Waals surface area contributed by atoms with E-state index in [0.29, 0.717) is 31.0 Å². The van der Waals surface area contributed by atoms with Gasteiger partial charge in [0, 0.05) is 41.8 Å². The lowest BCUT2D eigenvalue weighted by molar-refractivity contribution is 0.0630. The van der Waals surface area contributed by atoms with Crippen molar-refractivity contribution in [2.75, 3.05) is 20.1 Å². The van der Waals surface area contributed by atoms with Gasteiger partial charge in [0.05, 0.1) is 18.2 Å². The minimum absolute atomic E-state index is 0.231. The number of piperidine rings is 1. The van der Waals surface area contributed by atoms with E-state index in [2.05, 4.69) is 10.3 Å². The Hall–Kier alpha value is -3.13. The van der Waals surface area contributed by atoms with Crippen molar-refractivity contribution < 1.29 is 18.4 Å². The second-order valence-electron chi connectivity index (χ2n) is 7.94. The molecule has 0 bridgehead atoms. The first-order valence-electron chi connectivity index (χ1n) is 10.3. The Morgan fingerprint density at radius 2 is 2.06 bits per heavy atom. The average Bonchev–Trinajstić information content (AvgIpc) is 3.20. The Kier molecular flexibility index (Phi) is 6.32. The number of aromatic amines is 1. The van der Waals surface area contributed by atoms with E-state index in [1.54, 1.807) is 18.0 Å². The number of urea groups is 1. The molecule has 0 radical (unpaired) electrons. The smallest absolute Gasteiger partial charge is 0.317 e. The van der Waals surface area contributed by atoms with Gasteiger partial charge in [0.1, 0.15) is 0 Å². The molecule has 3 amide bonds. The molecule has 1 aliphatic rings. The van der Waals surface area contributed by atoms with E-state index >= 15 is 0 Å². The highest BCUT2D eigenvalue weighted by Crippen LogP contribution is 2.21. The van der Waals surface area contributed by atoms with E-state index in [9.17, 15) is 18.4 Å². The van der Waals surface area contributed by atoms with Crippen LogP contribution in [0.2, 0.25) is 5.02 Å². The van der Waals surface area contributed by atoms with Gasteiger partial charge in [-0.2, -0.15) is 0 Å². The van der Waals surface area contributed by atoms with Crippen LogP contribution in [0.1, 0.15) is 28.9 Å². The number of nitrogens with one attached hydrogen (secondary N) is 2. The number of halogens is 3. The summed E-state index contributed by atoms with van der Waals surface area (Å²) in [7, 11) is 1.67. The highest BCUT2D eigenvalue weighted by atomic mass is 35.5. The van der Waals surface area contributed by atoms with E-state index in [4.69, 9.17) is 11.6 Å². The quantitative estimate of drug-likeness (QED) is 0.600. The molecule has 6 nitrogen and oxygen atoms in total. The van der Waals surface area contributed by atoms with Crippen molar-refractivity contribution in [1.82, 2.24) is 20.1 Å². The maximum absolute atomic E-state index is 14.0. The molecule has 9 heteroatoms. The van der Waals surface area contributed by atoms with Crippen LogP contribution in [0, 0.1) is 11.6 Å². The molecular weight excluding hydrogens is 438 g/mol. The number of aromatic nitrogens is 1. The summed E-state index contributed by atoms with van der Waals surface area (Å²) in [6.45, 7) is 0.987. The second kappa shape index (κ2) is 9.16. The molecule has 0 saturated carbocycles. The summed E-state index contributed by atoms with van der Waals surface area (Å²) in [5, 5.41) is 4.47. The summed E-state index contributed by atoms with van der Waals surface area (Å²) in [6, 6.07) is 10.5. The third-order valence-corrected chi connectivity index (χ3v) is 6.04. The van der Waals surface area contributed by atoms with Gasteiger partial charge in [0.2, 0.25) is 0 Å². The van der Waals surface area contributed by atoms with Crippen LogP contribution in [0.15, 0.2) is 42.5 Å². The Balaban J connectivity index is 1.37. The number of carbonyl (C=O) groups excluding carboxylic acids is 2. The van der Waals surface area contributed by atoms with Gasteiger partial charge in [0.25, 0.3) is 5.91 Å². The number of H-pyrrole nitrogens is 1. The first-order chi connectivity index (χ1) is 15.3. The van der Waals surface area contributed by atoms with Gasteiger partial charge >= 0.3 is 6.03 Å². The molecule has 32 heavy (non-hydrogen) atoms. The van der Waals surface area contributed by atoms with Crippen LogP contribution in [-0.2, 0) is 6.54 Å². The minimum Gasteiger partial charge on any atom is -0.357 e. The highest BCUT2D eigenvalue weighted by molar-refractivity contribution is 6.31. The number of likely N-dealkylation sites (N-methyl/N-ethyl adjacent to an activating group) is 1.